The predicted octanol–water partition coefficient (Wildman–Crippen LogP) is 3.03. The molecule has 8 heteroatoms. The highest BCUT2D eigenvalue weighted by Crippen LogP contribution is 2.18. The van der Waals surface area contributed by atoms with Gasteiger partial charge in [0, 0.05) is 31.9 Å². The van der Waals surface area contributed by atoms with Crippen LogP contribution in [0.25, 0.3) is 0 Å². The Morgan fingerprint density at radius 3 is 2.41 bits per heavy atom. The number of hydrogen-bond donors (Lipinski definition) is 1. The number of carbonyl (C=O) groups is 1. The molecule has 1 amide bonds. The molecular formula is C21H21FN6O. The van der Waals surface area contributed by atoms with Crippen LogP contribution in [0.4, 0.5) is 21.8 Å². The van der Waals surface area contributed by atoms with Crippen LogP contribution in [0.5, 0.6) is 0 Å². The first kappa shape index (κ1) is 18.8. The van der Waals surface area contributed by atoms with Gasteiger partial charge in [0.25, 0.3) is 5.91 Å². The van der Waals surface area contributed by atoms with Gasteiger partial charge < -0.3 is 15.1 Å². The predicted molar refractivity (Wildman–Crippen MR) is 109 cm³/mol. The summed E-state index contributed by atoms with van der Waals surface area (Å²) < 4.78 is 13.9. The van der Waals surface area contributed by atoms with Crippen LogP contribution in [0.1, 0.15) is 16.1 Å². The lowest BCUT2D eigenvalue weighted by Gasteiger charge is -2.35. The first-order valence-corrected chi connectivity index (χ1v) is 9.43. The summed E-state index contributed by atoms with van der Waals surface area (Å²) in [5.74, 6) is 1.30. The fourth-order valence-electron chi connectivity index (χ4n) is 3.25. The molecule has 148 valence electrons. The number of carbonyl (C=O) groups excluding carboxylic acids is 1. The topological polar surface area (TPSA) is 74.2 Å². The van der Waals surface area contributed by atoms with E-state index in [1.165, 1.54) is 12.1 Å². The van der Waals surface area contributed by atoms with E-state index in [0.717, 1.165) is 11.5 Å². The number of nitrogens with one attached hydrogen (secondary N) is 1. The van der Waals surface area contributed by atoms with E-state index in [1.807, 2.05) is 37.3 Å². The maximum atomic E-state index is 13.9. The standard InChI is InChI=1S/C21H21FN6O/c1-15-5-4-8-18(23-15)24-19-9-10-20(26-25-19)27-11-13-28(14-12-27)21(29)16-6-2-3-7-17(16)22/h2-10H,11-14H2,1H3,(H,23,24,25). The van der Waals surface area contributed by atoms with Crippen molar-refractivity contribution in [2.45, 2.75) is 6.92 Å². The molecule has 1 fully saturated rings. The largest absolute Gasteiger partial charge is 0.352 e. The molecule has 0 bridgehead atoms. The van der Waals surface area contributed by atoms with Crippen LogP contribution in [-0.2, 0) is 0 Å². The van der Waals surface area contributed by atoms with E-state index in [-0.39, 0.29) is 11.5 Å². The molecule has 0 saturated carbocycles. The molecule has 1 aromatic carbocycles. The highest BCUT2D eigenvalue weighted by atomic mass is 19.1. The lowest BCUT2D eigenvalue weighted by molar-refractivity contribution is 0.0742. The number of aryl methyl sites for hydroxylation is 1. The fourth-order valence-corrected chi connectivity index (χ4v) is 3.25. The Morgan fingerprint density at radius 2 is 1.72 bits per heavy atom. The molecule has 1 aliphatic heterocycles. The Morgan fingerprint density at radius 1 is 0.931 bits per heavy atom. The third-order valence-electron chi connectivity index (χ3n) is 4.79. The van der Waals surface area contributed by atoms with Gasteiger partial charge >= 0.3 is 0 Å². The van der Waals surface area contributed by atoms with Crippen molar-refractivity contribution in [2.24, 2.45) is 0 Å². The van der Waals surface area contributed by atoms with Crippen molar-refractivity contribution in [3.8, 4) is 0 Å². The zero-order valence-electron chi connectivity index (χ0n) is 16.0. The Kier molecular flexibility index (Phi) is 5.33. The van der Waals surface area contributed by atoms with Gasteiger partial charge in [0.2, 0.25) is 0 Å². The molecule has 0 radical (unpaired) electrons. The summed E-state index contributed by atoms with van der Waals surface area (Å²) in [5.41, 5.74) is 1.03. The molecule has 3 heterocycles. The van der Waals surface area contributed by atoms with Crippen molar-refractivity contribution in [1.29, 1.82) is 0 Å². The number of anilines is 3. The van der Waals surface area contributed by atoms with Crippen molar-refractivity contribution in [3.63, 3.8) is 0 Å². The lowest BCUT2D eigenvalue weighted by atomic mass is 10.1. The third-order valence-corrected chi connectivity index (χ3v) is 4.79. The van der Waals surface area contributed by atoms with Gasteiger partial charge in [-0.15, -0.1) is 10.2 Å². The maximum absolute atomic E-state index is 13.9. The molecule has 2 aromatic heterocycles. The Bertz CT molecular complexity index is 1000. The van der Waals surface area contributed by atoms with E-state index in [0.29, 0.717) is 37.8 Å². The summed E-state index contributed by atoms with van der Waals surface area (Å²) in [7, 11) is 0. The Balaban J connectivity index is 1.36. The average Bonchev–Trinajstić information content (AvgIpc) is 2.74. The second kappa shape index (κ2) is 8.22. The van der Waals surface area contributed by atoms with Crippen molar-refractivity contribution >= 4 is 23.4 Å². The second-order valence-corrected chi connectivity index (χ2v) is 6.83. The number of benzene rings is 1. The average molecular weight is 392 g/mol. The number of hydrogen-bond acceptors (Lipinski definition) is 6. The molecule has 0 atom stereocenters. The number of pyridine rings is 1. The minimum Gasteiger partial charge on any atom is -0.352 e. The zero-order valence-corrected chi connectivity index (χ0v) is 16.0. The summed E-state index contributed by atoms with van der Waals surface area (Å²) in [6.07, 6.45) is 0. The molecule has 3 aromatic rings. The first-order valence-electron chi connectivity index (χ1n) is 9.43. The van der Waals surface area contributed by atoms with Gasteiger partial charge in [0.1, 0.15) is 11.6 Å². The van der Waals surface area contributed by atoms with Gasteiger partial charge in [-0.3, -0.25) is 4.79 Å². The number of halogens is 1. The molecule has 1 aliphatic rings. The van der Waals surface area contributed by atoms with Crippen molar-refractivity contribution in [3.05, 3.63) is 71.7 Å². The smallest absolute Gasteiger partial charge is 0.256 e. The minimum absolute atomic E-state index is 0.112. The van der Waals surface area contributed by atoms with E-state index in [1.54, 1.807) is 17.0 Å². The van der Waals surface area contributed by atoms with Crippen LogP contribution in [0.2, 0.25) is 0 Å². The maximum Gasteiger partial charge on any atom is 0.256 e. The van der Waals surface area contributed by atoms with Crippen LogP contribution in [0, 0.1) is 12.7 Å². The number of rotatable bonds is 4. The van der Waals surface area contributed by atoms with E-state index in [2.05, 4.69) is 25.4 Å². The molecule has 1 N–H and O–H groups in total. The highest BCUT2D eigenvalue weighted by molar-refractivity contribution is 5.94. The van der Waals surface area contributed by atoms with E-state index in [9.17, 15) is 9.18 Å². The Labute approximate surface area is 168 Å². The number of aromatic nitrogens is 3. The SMILES string of the molecule is Cc1cccc(Nc2ccc(N3CCN(C(=O)c4ccccc4F)CC3)nn2)n1. The minimum atomic E-state index is -0.489. The molecule has 29 heavy (non-hydrogen) atoms. The first-order chi connectivity index (χ1) is 14.1. The van der Waals surface area contributed by atoms with Gasteiger partial charge in [-0.05, 0) is 43.3 Å². The van der Waals surface area contributed by atoms with Crippen LogP contribution in [-0.4, -0.2) is 52.2 Å². The van der Waals surface area contributed by atoms with Crippen molar-refractivity contribution in [2.75, 3.05) is 36.4 Å². The number of nitrogens with zero attached hydrogens (tertiary/aromatic N) is 5. The van der Waals surface area contributed by atoms with Gasteiger partial charge in [-0.25, -0.2) is 9.37 Å². The monoisotopic (exact) mass is 392 g/mol. The van der Waals surface area contributed by atoms with E-state index >= 15 is 0 Å². The molecular weight excluding hydrogens is 371 g/mol. The molecule has 1 saturated heterocycles. The number of piperazine rings is 1. The quantitative estimate of drug-likeness (QED) is 0.736. The molecule has 0 aliphatic carbocycles. The van der Waals surface area contributed by atoms with Crippen LogP contribution in [0.3, 0.4) is 0 Å². The summed E-state index contributed by atoms with van der Waals surface area (Å²) in [5, 5.41) is 11.6. The van der Waals surface area contributed by atoms with Crippen molar-refractivity contribution in [1.82, 2.24) is 20.1 Å². The van der Waals surface area contributed by atoms with Crippen LogP contribution >= 0.6 is 0 Å². The lowest BCUT2D eigenvalue weighted by Crippen LogP contribution is -2.49. The third kappa shape index (κ3) is 4.31. The second-order valence-electron chi connectivity index (χ2n) is 6.83. The zero-order chi connectivity index (χ0) is 20.2. The van der Waals surface area contributed by atoms with E-state index in [4.69, 9.17) is 0 Å². The Hall–Kier alpha value is -3.55. The van der Waals surface area contributed by atoms with Gasteiger partial charge in [0.05, 0.1) is 5.56 Å². The van der Waals surface area contributed by atoms with E-state index < -0.39 is 5.82 Å². The summed E-state index contributed by atoms with van der Waals surface area (Å²) >= 11 is 0. The summed E-state index contributed by atoms with van der Waals surface area (Å²) in [4.78, 5) is 20.6. The fraction of sp³-hybridized carbons (Fsp3) is 0.238. The van der Waals surface area contributed by atoms with Crippen LogP contribution in [0.15, 0.2) is 54.6 Å². The normalized spacial score (nSPS) is 14.0. The summed E-state index contributed by atoms with van der Waals surface area (Å²) in [6, 6.07) is 15.5. The molecule has 7 nitrogen and oxygen atoms in total. The molecule has 4 rings (SSSR count). The molecule has 0 unspecified atom stereocenters. The van der Waals surface area contributed by atoms with Gasteiger partial charge in [0.15, 0.2) is 11.6 Å². The van der Waals surface area contributed by atoms with Crippen molar-refractivity contribution < 1.29 is 9.18 Å². The van der Waals surface area contributed by atoms with Gasteiger partial charge in [-0.2, -0.15) is 0 Å². The van der Waals surface area contributed by atoms with Crippen LogP contribution < -0.4 is 10.2 Å². The summed E-state index contributed by atoms with van der Waals surface area (Å²) in [6.45, 7) is 4.16. The number of amides is 1. The highest BCUT2D eigenvalue weighted by Gasteiger charge is 2.24. The molecule has 0 spiro atoms. The van der Waals surface area contributed by atoms with Gasteiger partial charge in [-0.1, -0.05) is 18.2 Å².